The normalized spacial score (nSPS) is 19.6. The van der Waals surface area contributed by atoms with Crippen LogP contribution in [-0.4, -0.2) is 67.0 Å². The fourth-order valence-electron chi connectivity index (χ4n) is 4.01. The lowest BCUT2D eigenvalue weighted by atomic mass is 9.95. The van der Waals surface area contributed by atoms with E-state index in [2.05, 4.69) is 0 Å². The number of nitrogens with zero attached hydrogens (tertiary/aromatic N) is 2. The minimum Gasteiger partial charge on any atom is -0.507 e. The van der Waals surface area contributed by atoms with Crippen molar-refractivity contribution >= 4 is 29.1 Å². The van der Waals surface area contributed by atoms with E-state index in [0.29, 0.717) is 53.8 Å². The van der Waals surface area contributed by atoms with Gasteiger partial charge >= 0.3 is 0 Å². The lowest BCUT2D eigenvalue weighted by molar-refractivity contribution is -0.139. The van der Waals surface area contributed by atoms with Crippen molar-refractivity contribution in [3.8, 4) is 11.5 Å². The zero-order valence-corrected chi connectivity index (χ0v) is 18.8. The maximum absolute atomic E-state index is 13.1. The molecule has 1 fully saturated rings. The summed E-state index contributed by atoms with van der Waals surface area (Å²) < 4.78 is 11.1. The number of likely N-dealkylation sites (tertiary alicyclic amines) is 1. The van der Waals surface area contributed by atoms with Gasteiger partial charge in [0, 0.05) is 17.1 Å². The molecule has 0 radical (unpaired) electrons. The number of carbonyl (C=O) groups excluding carboxylic acids is 2. The first-order valence-electron chi connectivity index (χ1n) is 10.5. The first-order chi connectivity index (χ1) is 15.4. The number of carbonyl (C=O) groups is 2. The van der Waals surface area contributed by atoms with Gasteiger partial charge in [-0.1, -0.05) is 23.7 Å². The van der Waals surface area contributed by atoms with Crippen molar-refractivity contribution in [2.75, 3.05) is 40.4 Å². The number of aliphatic hydroxyl groups is 1. The highest BCUT2D eigenvalue weighted by atomic mass is 35.5. The van der Waals surface area contributed by atoms with E-state index in [1.54, 1.807) is 42.5 Å². The van der Waals surface area contributed by atoms with Crippen molar-refractivity contribution in [3.63, 3.8) is 0 Å². The number of hydrogen-bond acceptors (Lipinski definition) is 6. The summed E-state index contributed by atoms with van der Waals surface area (Å²) >= 11 is 6.05. The standard InChI is InChI=1S/C24H25ClN2O5/c1-26(2)10-3-11-27-21(15-4-7-17(25)8-5-15)20(23(29)24(27)30)22(28)16-6-9-18-19(14-16)32-13-12-31-18/h4-9,14,21,28H,3,10-13H2,1-2H3/b22-20+/t21-/m1/s1. The minimum absolute atomic E-state index is 0.0545. The number of ketones is 1. The molecule has 2 aromatic rings. The lowest BCUT2D eigenvalue weighted by Crippen LogP contribution is -2.32. The molecule has 0 saturated carbocycles. The van der Waals surface area contributed by atoms with Gasteiger partial charge in [0.1, 0.15) is 19.0 Å². The molecule has 1 saturated heterocycles. The van der Waals surface area contributed by atoms with E-state index in [9.17, 15) is 14.7 Å². The Morgan fingerprint density at radius 3 is 2.47 bits per heavy atom. The van der Waals surface area contributed by atoms with Crippen LogP contribution in [0.5, 0.6) is 11.5 Å². The van der Waals surface area contributed by atoms with Gasteiger partial charge < -0.3 is 24.4 Å². The van der Waals surface area contributed by atoms with Crippen molar-refractivity contribution in [3.05, 3.63) is 64.2 Å². The number of halogens is 1. The van der Waals surface area contributed by atoms with Crippen LogP contribution in [0, 0.1) is 0 Å². The molecule has 0 aromatic heterocycles. The van der Waals surface area contributed by atoms with Crippen LogP contribution in [0.1, 0.15) is 23.6 Å². The Bertz CT molecular complexity index is 1060. The SMILES string of the molecule is CN(C)CCCN1C(=O)C(=O)/C(=C(/O)c2ccc3c(c2)OCCO3)[C@H]1c1ccc(Cl)cc1. The second-order valence-corrected chi connectivity index (χ2v) is 8.50. The largest absolute Gasteiger partial charge is 0.507 e. The summed E-state index contributed by atoms with van der Waals surface area (Å²) in [5, 5.41) is 11.7. The molecule has 2 heterocycles. The summed E-state index contributed by atoms with van der Waals surface area (Å²) in [4.78, 5) is 29.6. The molecule has 7 nitrogen and oxygen atoms in total. The van der Waals surface area contributed by atoms with E-state index in [0.717, 1.165) is 6.54 Å². The number of ether oxygens (including phenoxy) is 2. The zero-order chi connectivity index (χ0) is 22.8. The number of Topliss-reactive ketones (excluding diaryl/α,β-unsaturated/α-hetero) is 1. The third-order valence-corrected chi connectivity index (χ3v) is 5.80. The van der Waals surface area contributed by atoms with Crippen LogP contribution in [0.25, 0.3) is 5.76 Å². The van der Waals surface area contributed by atoms with Gasteiger partial charge in [0.15, 0.2) is 11.5 Å². The molecule has 1 amide bonds. The number of amides is 1. The summed E-state index contributed by atoms with van der Waals surface area (Å²) in [5.41, 5.74) is 1.15. The number of hydrogen-bond donors (Lipinski definition) is 1. The Balaban J connectivity index is 1.77. The van der Waals surface area contributed by atoms with Gasteiger partial charge in [0.2, 0.25) is 0 Å². The van der Waals surface area contributed by atoms with Crippen LogP contribution in [0.3, 0.4) is 0 Å². The van der Waals surface area contributed by atoms with Gasteiger partial charge in [-0.2, -0.15) is 0 Å². The van der Waals surface area contributed by atoms with E-state index in [-0.39, 0.29) is 11.3 Å². The summed E-state index contributed by atoms with van der Waals surface area (Å²) in [6.07, 6.45) is 0.689. The Morgan fingerprint density at radius 2 is 1.78 bits per heavy atom. The van der Waals surface area contributed by atoms with E-state index >= 15 is 0 Å². The van der Waals surface area contributed by atoms with E-state index in [4.69, 9.17) is 21.1 Å². The van der Waals surface area contributed by atoms with Gasteiger partial charge in [-0.25, -0.2) is 0 Å². The maximum Gasteiger partial charge on any atom is 0.295 e. The van der Waals surface area contributed by atoms with E-state index in [1.165, 1.54) is 4.90 Å². The molecule has 0 aliphatic carbocycles. The summed E-state index contributed by atoms with van der Waals surface area (Å²) in [5.74, 6) is -0.505. The van der Waals surface area contributed by atoms with Crippen LogP contribution in [-0.2, 0) is 9.59 Å². The van der Waals surface area contributed by atoms with Crippen molar-refractivity contribution < 1.29 is 24.2 Å². The highest BCUT2D eigenvalue weighted by Crippen LogP contribution is 2.41. The molecule has 4 rings (SSSR count). The van der Waals surface area contributed by atoms with E-state index < -0.39 is 17.7 Å². The minimum atomic E-state index is -0.706. The number of aliphatic hydroxyl groups excluding tert-OH is 1. The van der Waals surface area contributed by atoms with Crippen molar-refractivity contribution in [1.82, 2.24) is 9.80 Å². The second kappa shape index (κ2) is 9.22. The number of rotatable bonds is 6. The third-order valence-electron chi connectivity index (χ3n) is 5.55. The molecule has 1 atom stereocenters. The highest BCUT2D eigenvalue weighted by Gasteiger charge is 2.45. The first kappa shape index (κ1) is 22.2. The van der Waals surface area contributed by atoms with Gasteiger partial charge in [-0.05, 0) is 63.0 Å². The monoisotopic (exact) mass is 456 g/mol. The third kappa shape index (κ3) is 4.31. The number of fused-ring (bicyclic) bond motifs is 1. The predicted octanol–water partition coefficient (Wildman–Crippen LogP) is 3.48. The molecule has 2 aliphatic heterocycles. The first-order valence-corrected chi connectivity index (χ1v) is 10.8. The summed E-state index contributed by atoms with van der Waals surface area (Å²) in [6.45, 7) is 2.00. The predicted molar refractivity (Wildman–Crippen MR) is 121 cm³/mol. The van der Waals surface area contributed by atoms with Crippen LogP contribution in [0.15, 0.2) is 48.0 Å². The van der Waals surface area contributed by atoms with Crippen molar-refractivity contribution in [2.24, 2.45) is 0 Å². The van der Waals surface area contributed by atoms with Crippen LogP contribution < -0.4 is 9.47 Å². The molecule has 1 N–H and O–H groups in total. The second-order valence-electron chi connectivity index (χ2n) is 8.06. The zero-order valence-electron chi connectivity index (χ0n) is 18.0. The number of benzene rings is 2. The average Bonchev–Trinajstić information content (AvgIpc) is 3.03. The Labute approximate surface area is 191 Å². The Kier molecular flexibility index (Phi) is 6.39. The molecule has 2 aliphatic rings. The fourth-order valence-corrected chi connectivity index (χ4v) is 4.13. The smallest absolute Gasteiger partial charge is 0.295 e. The molecular weight excluding hydrogens is 432 g/mol. The van der Waals surface area contributed by atoms with Crippen molar-refractivity contribution in [2.45, 2.75) is 12.5 Å². The summed E-state index contributed by atoms with van der Waals surface area (Å²) in [6, 6.07) is 11.2. The fraction of sp³-hybridized carbons (Fsp3) is 0.333. The summed E-state index contributed by atoms with van der Waals surface area (Å²) in [7, 11) is 3.90. The maximum atomic E-state index is 13.1. The van der Waals surface area contributed by atoms with Gasteiger partial charge in [-0.3, -0.25) is 9.59 Å². The molecule has 168 valence electrons. The highest BCUT2D eigenvalue weighted by molar-refractivity contribution is 6.46. The lowest BCUT2D eigenvalue weighted by Gasteiger charge is -2.26. The quantitative estimate of drug-likeness (QED) is 0.407. The van der Waals surface area contributed by atoms with E-state index in [1.807, 2.05) is 19.0 Å². The topological polar surface area (TPSA) is 79.3 Å². The molecule has 2 aromatic carbocycles. The van der Waals surface area contributed by atoms with Crippen LogP contribution >= 0.6 is 11.6 Å². The molecule has 8 heteroatoms. The molecule has 32 heavy (non-hydrogen) atoms. The van der Waals surface area contributed by atoms with Crippen LogP contribution in [0.2, 0.25) is 5.02 Å². The van der Waals surface area contributed by atoms with Gasteiger partial charge in [-0.15, -0.1) is 0 Å². The molecular formula is C24H25ClN2O5. The van der Waals surface area contributed by atoms with Crippen LogP contribution in [0.4, 0.5) is 0 Å². The van der Waals surface area contributed by atoms with Gasteiger partial charge in [0.25, 0.3) is 11.7 Å². The molecule has 0 spiro atoms. The Morgan fingerprint density at radius 1 is 1.09 bits per heavy atom. The van der Waals surface area contributed by atoms with Crippen molar-refractivity contribution in [1.29, 1.82) is 0 Å². The Hall–Kier alpha value is -3.03. The molecule has 0 unspecified atom stereocenters. The molecule has 0 bridgehead atoms. The average molecular weight is 457 g/mol. The van der Waals surface area contributed by atoms with Gasteiger partial charge in [0.05, 0.1) is 11.6 Å².